The predicted molar refractivity (Wildman–Crippen MR) is 80.6 cm³/mol. The second-order valence-corrected chi connectivity index (χ2v) is 5.36. The van der Waals surface area contributed by atoms with Crippen LogP contribution in [-0.2, 0) is 6.54 Å². The Bertz CT molecular complexity index is 481. The molecule has 4 nitrogen and oxygen atoms in total. The molecule has 1 aromatic rings. The summed E-state index contributed by atoms with van der Waals surface area (Å²) in [4.78, 5) is 2.27. The molecule has 0 radical (unpaired) electrons. The second-order valence-electron chi connectivity index (χ2n) is 5.36. The van der Waals surface area contributed by atoms with Crippen LogP contribution < -0.4 is 10.2 Å². The van der Waals surface area contributed by atoms with Crippen LogP contribution in [0, 0.1) is 17.2 Å². The smallest absolute Gasteiger partial charge is 0.101 e. The van der Waals surface area contributed by atoms with E-state index in [0.717, 1.165) is 55.8 Å². The third kappa shape index (κ3) is 3.50. The van der Waals surface area contributed by atoms with Crippen LogP contribution in [0.1, 0.15) is 30.9 Å². The van der Waals surface area contributed by atoms with Gasteiger partial charge in [-0.2, -0.15) is 5.26 Å². The fourth-order valence-corrected chi connectivity index (χ4v) is 2.80. The van der Waals surface area contributed by atoms with Gasteiger partial charge >= 0.3 is 0 Å². The minimum Gasteiger partial charge on any atom is -0.396 e. The molecule has 0 spiro atoms. The molecule has 0 aliphatic carbocycles. The summed E-state index contributed by atoms with van der Waals surface area (Å²) in [5, 5.41) is 21.7. The zero-order valence-electron chi connectivity index (χ0n) is 12.1. The molecule has 1 fully saturated rings. The van der Waals surface area contributed by atoms with Crippen LogP contribution >= 0.6 is 0 Å². The normalized spacial score (nSPS) is 18.2. The summed E-state index contributed by atoms with van der Waals surface area (Å²) in [7, 11) is 0. The number of anilines is 1. The fraction of sp³-hybridized carbons (Fsp3) is 0.562. The number of benzene rings is 1. The number of nitrogens with zero attached hydrogens (tertiary/aromatic N) is 2. The molecule has 0 saturated carbocycles. The molecular weight excluding hydrogens is 250 g/mol. The Labute approximate surface area is 121 Å². The van der Waals surface area contributed by atoms with Gasteiger partial charge in [0.1, 0.15) is 6.07 Å². The largest absolute Gasteiger partial charge is 0.396 e. The molecule has 1 heterocycles. The van der Waals surface area contributed by atoms with Crippen molar-refractivity contribution in [2.75, 3.05) is 31.1 Å². The monoisotopic (exact) mass is 273 g/mol. The van der Waals surface area contributed by atoms with Gasteiger partial charge in [-0.15, -0.1) is 0 Å². The van der Waals surface area contributed by atoms with Crippen molar-refractivity contribution in [1.29, 1.82) is 5.26 Å². The van der Waals surface area contributed by atoms with Crippen molar-refractivity contribution in [3.05, 3.63) is 29.3 Å². The lowest BCUT2D eigenvalue weighted by Crippen LogP contribution is -2.21. The van der Waals surface area contributed by atoms with Crippen LogP contribution in [0.25, 0.3) is 0 Å². The van der Waals surface area contributed by atoms with Crippen molar-refractivity contribution in [2.24, 2.45) is 5.92 Å². The van der Waals surface area contributed by atoms with E-state index in [9.17, 15) is 5.26 Å². The van der Waals surface area contributed by atoms with E-state index in [4.69, 9.17) is 5.11 Å². The van der Waals surface area contributed by atoms with Crippen molar-refractivity contribution in [1.82, 2.24) is 5.32 Å². The lowest BCUT2D eigenvalue weighted by molar-refractivity contribution is 0.263. The van der Waals surface area contributed by atoms with Gasteiger partial charge in [-0.25, -0.2) is 0 Å². The Morgan fingerprint density at radius 2 is 2.35 bits per heavy atom. The van der Waals surface area contributed by atoms with Crippen LogP contribution in [0.3, 0.4) is 0 Å². The number of aliphatic hydroxyl groups excluding tert-OH is 1. The van der Waals surface area contributed by atoms with Gasteiger partial charge in [0.05, 0.1) is 11.3 Å². The minimum absolute atomic E-state index is 0.255. The fourth-order valence-electron chi connectivity index (χ4n) is 2.80. The zero-order valence-corrected chi connectivity index (χ0v) is 12.1. The van der Waals surface area contributed by atoms with E-state index in [1.54, 1.807) is 0 Å². The first-order valence-electron chi connectivity index (χ1n) is 7.38. The molecule has 0 bridgehead atoms. The topological polar surface area (TPSA) is 59.3 Å². The molecule has 108 valence electrons. The number of nitriles is 1. The molecule has 1 aromatic carbocycles. The average molecular weight is 273 g/mol. The van der Waals surface area contributed by atoms with Crippen molar-refractivity contribution >= 4 is 5.69 Å². The quantitative estimate of drug-likeness (QED) is 0.831. The highest BCUT2D eigenvalue weighted by atomic mass is 16.3. The zero-order chi connectivity index (χ0) is 14.4. The van der Waals surface area contributed by atoms with Gasteiger partial charge in [-0.1, -0.05) is 13.0 Å². The summed E-state index contributed by atoms with van der Waals surface area (Å²) in [5.74, 6) is 0.549. The number of nitrogens with one attached hydrogen (secondary N) is 1. The van der Waals surface area contributed by atoms with E-state index in [-0.39, 0.29) is 6.61 Å². The lowest BCUT2D eigenvalue weighted by Gasteiger charge is -2.20. The van der Waals surface area contributed by atoms with E-state index >= 15 is 0 Å². The van der Waals surface area contributed by atoms with Crippen molar-refractivity contribution in [3.8, 4) is 6.07 Å². The second kappa shape index (κ2) is 7.28. The van der Waals surface area contributed by atoms with Gasteiger partial charge in [0, 0.05) is 26.2 Å². The number of rotatable bonds is 6. The molecule has 4 heteroatoms. The standard InChI is InChI=1S/C16H23N3O/c1-2-18-11-14-3-4-16(15(9-14)10-17)19-7-5-13(12-19)6-8-20/h3-4,9,13,18,20H,2,5-8,11-12H2,1H3. The highest BCUT2D eigenvalue weighted by Gasteiger charge is 2.23. The highest BCUT2D eigenvalue weighted by Crippen LogP contribution is 2.28. The van der Waals surface area contributed by atoms with Crippen LogP contribution in [-0.4, -0.2) is 31.3 Å². The summed E-state index contributed by atoms with van der Waals surface area (Å²) in [6, 6.07) is 8.46. The van der Waals surface area contributed by atoms with E-state index in [1.807, 2.05) is 6.07 Å². The third-order valence-corrected chi connectivity index (χ3v) is 3.92. The Morgan fingerprint density at radius 3 is 3.05 bits per heavy atom. The Hall–Kier alpha value is -1.57. The van der Waals surface area contributed by atoms with E-state index in [0.29, 0.717) is 5.92 Å². The van der Waals surface area contributed by atoms with Crippen molar-refractivity contribution in [2.45, 2.75) is 26.3 Å². The van der Waals surface area contributed by atoms with Gasteiger partial charge in [0.25, 0.3) is 0 Å². The highest BCUT2D eigenvalue weighted by molar-refractivity contribution is 5.61. The van der Waals surface area contributed by atoms with Gasteiger partial charge < -0.3 is 15.3 Å². The third-order valence-electron chi connectivity index (χ3n) is 3.92. The maximum atomic E-state index is 9.36. The van der Waals surface area contributed by atoms with E-state index < -0.39 is 0 Å². The van der Waals surface area contributed by atoms with Gasteiger partial charge in [0.2, 0.25) is 0 Å². The molecule has 1 aliphatic heterocycles. The Kier molecular flexibility index (Phi) is 5.40. The van der Waals surface area contributed by atoms with Crippen molar-refractivity contribution in [3.63, 3.8) is 0 Å². The van der Waals surface area contributed by atoms with Crippen LogP contribution in [0.4, 0.5) is 5.69 Å². The van der Waals surface area contributed by atoms with E-state index in [1.165, 1.54) is 0 Å². The van der Waals surface area contributed by atoms with Gasteiger partial charge in [-0.3, -0.25) is 0 Å². The van der Waals surface area contributed by atoms with Crippen LogP contribution in [0.5, 0.6) is 0 Å². The maximum absolute atomic E-state index is 9.36. The molecule has 0 amide bonds. The van der Waals surface area contributed by atoms with Crippen molar-refractivity contribution < 1.29 is 5.11 Å². The number of hydrogen-bond donors (Lipinski definition) is 2. The SMILES string of the molecule is CCNCc1ccc(N2CCC(CCO)C2)c(C#N)c1. The molecule has 1 saturated heterocycles. The summed E-state index contributed by atoms with van der Waals surface area (Å²) >= 11 is 0. The molecule has 1 atom stereocenters. The average Bonchev–Trinajstić information content (AvgIpc) is 2.93. The van der Waals surface area contributed by atoms with Gasteiger partial charge in [0.15, 0.2) is 0 Å². The lowest BCUT2D eigenvalue weighted by atomic mass is 10.1. The molecule has 20 heavy (non-hydrogen) atoms. The summed E-state index contributed by atoms with van der Waals surface area (Å²) in [6.07, 6.45) is 1.96. The molecule has 1 aliphatic rings. The Morgan fingerprint density at radius 1 is 1.50 bits per heavy atom. The van der Waals surface area contributed by atoms with Crippen LogP contribution in [0.15, 0.2) is 18.2 Å². The number of hydrogen-bond acceptors (Lipinski definition) is 4. The molecule has 1 unspecified atom stereocenters. The molecule has 2 N–H and O–H groups in total. The maximum Gasteiger partial charge on any atom is 0.101 e. The molecule has 2 rings (SSSR count). The van der Waals surface area contributed by atoms with E-state index in [2.05, 4.69) is 35.3 Å². The Balaban J connectivity index is 2.10. The first kappa shape index (κ1) is 14.8. The first-order chi connectivity index (χ1) is 9.78. The van der Waals surface area contributed by atoms with Crippen LogP contribution in [0.2, 0.25) is 0 Å². The molecule has 0 aromatic heterocycles. The predicted octanol–water partition coefficient (Wildman–Crippen LogP) is 1.88. The minimum atomic E-state index is 0.255. The first-order valence-corrected chi connectivity index (χ1v) is 7.38. The summed E-state index contributed by atoms with van der Waals surface area (Å²) < 4.78 is 0. The number of aliphatic hydroxyl groups is 1. The van der Waals surface area contributed by atoms with Gasteiger partial charge in [-0.05, 0) is 43.0 Å². The molecular formula is C16H23N3O. The summed E-state index contributed by atoms with van der Waals surface area (Å²) in [5.41, 5.74) is 2.94. The summed E-state index contributed by atoms with van der Waals surface area (Å²) in [6.45, 7) is 5.99.